The van der Waals surface area contributed by atoms with Crippen molar-refractivity contribution in [2.45, 2.75) is 25.8 Å². The van der Waals surface area contributed by atoms with E-state index in [9.17, 15) is 5.11 Å². The van der Waals surface area contributed by atoms with Crippen molar-refractivity contribution in [2.24, 2.45) is 0 Å². The normalized spacial score (nSPS) is 17.5. The lowest BCUT2D eigenvalue weighted by Crippen LogP contribution is -2.48. The smallest absolute Gasteiger partial charge is 0.300 e. The summed E-state index contributed by atoms with van der Waals surface area (Å²) in [5, 5.41) is 10.9. The number of rotatable bonds is 6. The predicted octanol–water partition coefficient (Wildman–Crippen LogP) is 4.10. The van der Waals surface area contributed by atoms with Crippen molar-refractivity contribution in [3.63, 3.8) is 0 Å². The maximum absolute atomic E-state index is 10.4. The highest BCUT2D eigenvalue weighted by Gasteiger charge is 2.27. The standard InChI is InChI=1S/C22H27ClN4O3/c1-14-11-15(23)12-18(28)20(14)17-6-7-19-21(24-17)25-22(30-19)27(9-10-29-3)16-5-4-8-26(2)13-16/h6-7,11-12,16,28H,4-5,8-10,13H2,1-3H3/t16-/m1/s1. The largest absolute Gasteiger partial charge is 0.507 e. The highest BCUT2D eigenvalue weighted by molar-refractivity contribution is 6.31. The van der Waals surface area contributed by atoms with Crippen molar-refractivity contribution in [2.75, 3.05) is 45.3 Å². The maximum Gasteiger partial charge on any atom is 0.300 e. The molecule has 7 nitrogen and oxygen atoms in total. The van der Waals surface area contributed by atoms with Gasteiger partial charge in [-0.15, -0.1) is 0 Å². The fourth-order valence-electron chi connectivity index (χ4n) is 4.15. The molecule has 0 saturated carbocycles. The second-order valence-corrected chi connectivity index (χ2v) is 8.31. The fraction of sp³-hybridized carbons (Fsp3) is 0.455. The topological polar surface area (TPSA) is 74.9 Å². The second kappa shape index (κ2) is 8.79. The monoisotopic (exact) mass is 430 g/mol. The van der Waals surface area contributed by atoms with Crippen molar-refractivity contribution in [1.29, 1.82) is 0 Å². The van der Waals surface area contributed by atoms with Crippen LogP contribution in [0, 0.1) is 6.92 Å². The van der Waals surface area contributed by atoms with Crippen molar-refractivity contribution < 1.29 is 14.3 Å². The SMILES string of the molecule is COCCN(c1nc2nc(-c3c(C)cc(Cl)cc3O)ccc2o1)[C@@H]1CCCN(C)C1. The van der Waals surface area contributed by atoms with E-state index in [-0.39, 0.29) is 5.75 Å². The van der Waals surface area contributed by atoms with E-state index < -0.39 is 0 Å². The number of pyridine rings is 1. The minimum atomic E-state index is 0.0996. The van der Waals surface area contributed by atoms with Gasteiger partial charge >= 0.3 is 0 Å². The van der Waals surface area contributed by atoms with Crippen LogP contribution in [0.15, 0.2) is 28.7 Å². The van der Waals surface area contributed by atoms with Gasteiger partial charge in [0.25, 0.3) is 6.01 Å². The Morgan fingerprint density at radius 2 is 2.17 bits per heavy atom. The molecule has 0 unspecified atom stereocenters. The zero-order valence-corrected chi connectivity index (χ0v) is 18.3. The van der Waals surface area contributed by atoms with Crippen LogP contribution in [0.1, 0.15) is 18.4 Å². The molecule has 2 aromatic heterocycles. The summed E-state index contributed by atoms with van der Waals surface area (Å²) >= 11 is 6.04. The van der Waals surface area contributed by atoms with Crippen LogP contribution < -0.4 is 4.90 Å². The number of likely N-dealkylation sites (tertiary alicyclic amines) is 1. The van der Waals surface area contributed by atoms with Crippen LogP contribution in [0.25, 0.3) is 22.5 Å². The van der Waals surface area contributed by atoms with Crippen LogP contribution in [0.2, 0.25) is 5.02 Å². The Hall–Kier alpha value is -2.35. The third-order valence-electron chi connectivity index (χ3n) is 5.60. The minimum Gasteiger partial charge on any atom is -0.507 e. The molecular weight excluding hydrogens is 404 g/mol. The summed E-state index contributed by atoms with van der Waals surface area (Å²) in [4.78, 5) is 13.9. The summed E-state index contributed by atoms with van der Waals surface area (Å²) < 4.78 is 11.4. The molecule has 30 heavy (non-hydrogen) atoms. The van der Waals surface area contributed by atoms with Crippen molar-refractivity contribution in [3.8, 4) is 17.0 Å². The molecule has 0 amide bonds. The molecule has 0 spiro atoms. The number of ether oxygens (including phenoxy) is 1. The minimum absolute atomic E-state index is 0.0996. The van der Waals surface area contributed by atoms with Crippen LogP contribution >= 0.6 is 11.6 Å². The van der Waals surface area contributed by atoms with Gasteiger partial charge in [-0.05, 0) is 63.2 Å². The second-order valence-electron chi connectivity index (χ2n) is 7.88. The van der Waals surface area contributed by atoms with Gasteiger partial charge in [0.05, 0.1) is 12.3 Å². The Kier molecular flexibility index (Phi) is 6.13. The molecule has 1 aliphatic heterocycles. The van der Waals surface area contributed by atoms with E-state index in [0.717, 1.165) is 31.5 Å². The zero-order chi connectivity index (χ0) is 21.3. The van der Waals surface area contributed by atoms with Gasteiger partial charge in [-0.25, -0.2) is 4.98 Å². The summed E-state index contributed by atoms with van der Waals surface area (Å²) in [7, 11) is 3.84. The molecule has 1 aliphatic rings. The average molecular weight is 431 g/mol. The third-order valence-corrected chi connectivity index (χ3v) is 5.82. The number of hydrogen-bond donors (Lipinski definition) is 1. The molecule has 0 radical (unpaired) electrons. The lowest BCUT2D eigenvalue weighted by Gasteiger charge is -2.37. The third kappa shape index (κ3) is 4.24. The van der Waals surface area contributed by atoms with Gasteiger partial charge in [0.1, 0.15) is 5.75 Å². The first-order chi connectivity index (χ1) is 14.5. The Bertz CT molecular complexity index is 1020. The molecule has 0 bridgehead atoms. The lowest BCUT2D eigenvalue weighted by atomic mass is 10.0. The summed E-state index contributed by atoms with van der Waals surface area (Å²) in [6, 6.07) is 7.89. The molecule has 1 atom stereocenters. The molecule has 1 saturated heterocycles. The number of aromatic hydroxyl groups is 1. The Morgan fingerprint density at radius 3 is 2.90 bits per heavy atom. The van der Waals surface area contributed by atoms with E-state index in [1.807, 2.05) is 25.1 Å². The van der Waals surface area contributed by atoms with E-state index in [1.54, 1.807) is 7.11 Å². The van der Waals surface area contributed by atoms with E-state index >= 15 is 0 Å². The van der Waals surface area contributed by atoms with E-state index in [1.165, 1.54) is 6.07 Å². The number of aromatic nitrogens is 2. The average Bonchev–Trinajstić information content (AvgIpc) is 3.10. The number of nitrogens with zero attached hydrogens (tertiary/aromatic N) is 4. The molecule has 4 rings (SSSR count). The molecule has 160 valence electrons. The summed E-state index contributed by atoms with van der Waals surface area (Å²) in [5.74, 6) is 0.0996. The van der Waals surface area contributed by atoms with Crippen LogP contribution in [0.3, 0.4) is 0 Å². The van der Waals surface area contributed by atoms with Gasteiger partial charge in [0.15, 0.2) is 5.58 Å². The van der Waals surface area contributed by atoms with Gasteiger partial charge in [-0.2, -0.15) is 4.98 Å². The molecule has 3 heterocycles. The van der Waals surface area contributed by atoms with Gasteiger partial charge in [-0.1, -0.05) is 11.6 Å². The zero-order valence-electron chi connectivity index (χ0n) is 17.6. The Balaban J connectivity index is 1.70. The lowest BCUT2D eigenvalue weighted by molar-refractivity contribution is 0.190. The van der Waals surface area contributed by atoms with Gasteiger partial charge in [-0.3, -0.25) is 0 Å². The number of phenolic OH excluding ortho intramolecular Hbond substituents is 1. The quantitative estimate of drug-likeness (QED) is 0.630. The molecule has 0 aliphatic carbocycles. The van der Waals surface area contributed by atoms with Crippen LogP contribution in [-0.4, -0.2) is 66.4 Å². The first-order valence-electron chi connectivity index (χ1n) is 10.2. The van der Waals surface area contributed by atoms with Crippen molar-refractivity contribution >= 4 is 28.8 Å². The van der Waals surface area contributed by atoms with E-state index in [2.05, 4.69) is 21.8 Å². The number of phenols is 1. The number of anilines is 1. The van der Waals surface area contributed by atoms with Crippen molar-refractivity contribution in [1.82, 2.24) is 14.9 Å². The van der Waals surface area contributed by atoms with Gasteiger partial charge < -0.3 is 24.1 Å². The number of aryl methyl sites for hydroxylation is 1. The fourth-order valence-corrected chi connectivity index (χ4v) is 4.41. The predicted molar refractivity (Wildman–Crippen MR) is 118 cm³/mol. The van der Waals surface area contributed by atoms with Crippen LogP contribution in [0.4, 0.5) is 6.01 Å². The number of fused-ring (bicyclic) bond motifs is 1. The van der Waals surface area contributed by atoms with E-state index in [0.29, 0.717) is 52.7 Å². The number of oxazole rings is 1. The number of methoxy groups -OCH3 is 1. The molecule has 1 aromatic carbocycles. The van der Waals surface area contributed by atoms with Gasteiger partial charge in [0.2, 0.25) is 5.65 Å². The maximum atomic E-state index is 10.4. The summed E-state index contributed by atoms with van der Waals surface area (Å²) in [5.41, 5.74) is 3.27. The number of likely N-dealkylation sites (N-methyl/N-ethyl adjacent to an activating group) is 1. The number of hydrogen-bond acceptors (Lipinski definition) is 7. The van der Waals surface area contributed by atoms with E-state index in [4.69, 9.17) is 25.7 Å². The van der Waals surface area contributed by atoms with Crippen LogP contribution in [-0.2, 0) is 4.74 Å². The van der Waals surface area contributed by atoms with Crippen LogP contribution in [0.5, 0.6) is 5.75 Å². The molecular formula is C22H27ClN4O3. The molecule has 1 N–H and O–H groups in total. The van der Waals surface area contributed by atoms with Gasteiger partial charge in [0, 0.05) is 36.8 Å². The van der Waals surface area contributed by atoms with Crippen molar-refractivity contribution in [3.05, 3.63) is 34.9 Å². The highest BCUT2D eigenvalue weighted by atomic mass is 35.5. The number of piperidine rings is 1. The molecule has 3 aromatic rings. The summed E-state index contributed by atoms with van der Waals surface area (Å²) in [6.45, 7) is 5.25. The Labute approximate surface area is 181 Å². The summed E-state index contributed by atoms with van der Waals surface area (Å²) in [6.07, 6.45) is 2.23. The number of benzene rings is 1. The molecule has 1 fully saturated rings. The first-order valence-corrected chi connectivity index (χ1v) is 10.5. The highest BCUT2D eigenvalue weighted by Crippen LogP contribution is 2.35. The Morgan fingerprint density at radius 1 is 1.33 bits per heavy atom. The molecule has 8 heteroatoms. The number of halogens is 1. The first kappa shape index (κ1) is 20.9.